The number of fused-ring (bicyclic) bond motifs is 1. The Balaban J connectivity index is 1.61. The highest BCUT2D eigenvalue weighted by atomic mass is 32.2. The number of benzene rings is 2. The van der Waals surface area contributed by atoms with Gasteiger partial charge in [-0.05, 0) is 68.5 Å². The molecule has 1 atom stereocenters. The molecule has 9 heteroatoms. The Labute approximate surface area is 194 Å². The van der Waals surface area contributed by atoms with E-state index in [9.17, 15) is 21.6 Å². The number of allylic oxidation sites excluding steroid dienone is 1. The first-order chi connectivity index (χ1) is 15.5. The minimum Gasteiger partial charge on any atom is -0.282 e. The van der Waals surface area contributed by atoms with Crippen LogP contribution in [0.15, 0.2) is 69.4 Å². The lowest BCUT2D eigenvalue weighted by Gasteiger charge is -2.16. The molecule has 0 bridgehead atoms. The number of nitrogens with zero attached hydrogens (tertiary/aromatic N) is 1. The van der Waals surface area contributed by atoms with Crippen molar-refractivity contribution in [3.05, 3.63) is 70.6 Å². The van der Waals surface area contributed by atoms with Crippen LogP contribution in [0, 0.1) is 0 Å². The third kappa shape index (κ3) is 5.14. The van der Waals surface area contributed by atoms with Gasteiger partial charge >= 0.3 is 6.18 Å². The summed E-state index contributed by atoms with van der Waals surface area (Å²) in [5, 5.41) is 2.05. The molecule has 1 aliphatic heterocycles. The van der Waals surface area contributed by atoms with Gasteiger partial charge in [0.15, 0.2) is 0 Å². The fourth-order valence-electron chi connectivity index (χ4n) is 4.02. The van der Waals surface area contributed by atoms with Crippen LogP contribution in [0.1, 0.15) is 37.8 Å². The van der Waals surface area contributed by atoms with Crippen LogP contribution < -0.4 is 4.72 Å². The minimum atomic E-state index is -4.58. The predicted octanol–water partition coefficient (Wildman–Crippen LogP) is 6.83. The number of nitrogens with one attached hydrogen (secondary N) is 1. The molecule has 2 heterocycles. The Morgan fingerprint density at radius 1 is 1.12 bits per heavy atom. The zero-order valence-electron chi connectivity index (χ0n) is 18.1. The van der Waals surface area contributed by atoms with E-state index in [1.54, 1.807) is 24.3 Å². The van der Waals surface area contributed by atoms with E-state index >= 15 is 0 Å². The second kappa shape index (κ2) is 8.95. The number of aryl methyl sites for hydroxylation is 1. The second-order valence-electron chi connectivity index (χ2n) is 8.14. The summed E-state index contributed by atoms with van der Waals surface area (Å²) in [6, 6.07) is 10.3. The van der Waals surface area contributed by atoms with Gasteiger partial charge < -0.3 is 0 Å². The fraction of sp³-hybridized carbons (Fsp3) is 0.292. The maximum absolute atomic E-state index is 13.4. The maximum Gasteiger partial charge on any atom is 0.416 e. The summed E-state index contributed by atoms with van der Waals surface area (Å²) in [5.41, 5.74) is 1.70. The molecule has 4 nitrogen and oxygen atoms in total. The first kappa shape index (κ1) is 23.5. The lowest BCUT2D eigenvalue weighted by molar-refractivity contribution is -0.137. The SMILES string of the molecule is CC1=CC(C)=NC1CCCc1ccc(C(F)(F)F)cc1NS(=O)(=O)c1csc2ccccc12. The van der Waals surface area contributed by atoms with Crippen molar-refractivity contribution < 1.29 is 21.6 Å². The number of hydrogen-bond acceptors (Lipinski definition) is 4. The summed E-state index contributed by atoms with van der Waals surface area (Å²) in [6.07, 6.45) is -0.728. The summed E-state index contributed by atoms with van der Waals surface area (Å²) in [4.78, 5) is 4.61. The number of thiophene rings is 1. The summed E-state index contributed by atoms with van der Waals surface area (Å²) in [5.74, 6) is 0. The van der Waals surface area contributed by atoms with Gasteiger partial charge in [0.25, 0.3) is 10.0 Å². The lowest BCUT2D eigenvalue weighted by Crippen LogP contribution is -2.15. The highest BCUT2D eigenvalue weighted by Crippen LogP contribution is 2.35. The highest BCUT2D eigenvalue weighted by molar-refractivity contribution is 7.93. The van der Waals surface area contributed by atoms with Crippen LogP contribution in [-0.2, 0) is 22.6 Å². The molecule has 0 radical (unpaired) electrons. The van der Waals surface area contributed by atoms with Crippen LogP contribution in [0.3, 0.4) is 0 Å². The Morgan fingerprint density at radius 2 is 1.88 bits per heavy atom. The van der Waals surface area contributed by atoms with E-state index < -0.39 is 21.8 Å². The molecule has 1 unspecified atom stereocenters. The van der Waals surface area contributed by atoms with Gasteiger partial charge in [0, 0.05) is 21.2 Å². The smallest absolute Gasteiger partial charge is 0.282 e. The van der Waals surface area contributed by atoms with E-state index in [4.69, 9.17) is 0 Å². The first-order valence-corrected chi connectivity index (χ1v) is 12.8. The molecule has 0 saturated heterocycles. The van der Waals surface area contributed by atoms with Crippen molar-refractivity contribution in [2.24, 2.45) is 4.99 Å². The largest absolute Gasteiger partial charge is 0.416 e. The van der Waals surface area contributed by atoms with E-state index in [1.165, 1.54) is 22.8 Å². The van der Waals surface area contributed by atoms with Gasteiger partial charge in [-0.1, -0.05) is 24.3 Å². The molecular weight excluding hydrogens is 469 g/mol. The number of rotatable bonds is 7. The van der Waals surface area contributed by atoms with Crippen molar-refractivity contribution in [2.75, 3.05) is 4.72 Å². The van der Waals surface area contributed by atoms with Gasteiger partial charge in [-0.3, -0.25) is 9.71 Å². The van der Waals surface area contributed by atoms with Crippen LogP contribution in [0.2, 0.25) is 0 Å². The molecule has 1 aliphatic rings. The van der Waals surface area contributed by atoms with Gasteiger partial charge in [0.2, 0.25) is 0 Å². The van der Waals surface area contributed by atoms with E-state index in [0.717, 1.165) is 34.5 Å². The highest BCUT2D eigenvalue weighted by Gasteiger charge is 2.32. The molecule has 174 valence electrons. The van der Waals surface area contributed by atoms with Gasteiger partial charge in [-0.15, -0.1) is 11.3 Å². The van der Waals surface area contributed by atoms with Crippen molar-refractivity contribution in [1.82, 2.24) is 0 Å². The standard InChI is InChI=1S/C24H23F3N2O2S2/c1-15-12-16(2)28-20(15)8-5-6-17-10-11-18(24(25,26)27)13-21(17)29-33(30,31)23-14-32-22-9-4-3-7-19(22)23/h3-4,7,9-14,20,29H,5-6,8H2,1-2H3. The summed E-state index contributed by atoms with van der Waals surface area (Å²) in [6.45, 7) is 3.94. The summed E-state index contributed by atoms with van der Waals surface area (Å²) >= 11 is 1.27. The number of anilines is 1. The maximum atomic E-state index is 13.4. The summed E-state index contributed by atoms with van der Waals surface area (Å²) < 4.78 is 69.6. The van der Waals surface area contributed by atoms with Crippen LogP contribution in [-0.4, -0.2) is 20.2 Å². The Bertz CT molecular complexity index is 1360. The minimum absolute atomic E-state index is 0.0431. The molecule has 33 heavy (non-hydrogen) atoms. The number of hydrogen-bond donors (Lipinski definition) is 1. The van der Waals surface area contributed by atoms with Crippen LogP contribution >= 0.6 is 11.3 Å². The van der Waals surface area contributed by atoms with E-state index in [0.29, 0.717) is 23.8 Å². The average molecular weight is 493 g/mol. The van der Waals surface area contributed by atoms with Crippen molar-refractivity contribution in [1.29, 1.82) is 0 Å². The number of halogens is 3. The van der Waals surface area contributed by atoms with Crippen molar-refractivity contribution in [2.45, 2.75) is 50.2 Å². The zero-order chi connectivity index (χ0) is 23.8. The molecule has 0 saturated carbocycles. The van der Waals surface area contributed by atoms with Crippen molar-refractivity contribution >= 4 is 42.8 Å². The predicted molar refractivity (Wildman–Crippen MR) is 128 cm³/mol. The molecule has 4 rings (SSSR count). The molecule has 0 amide bonds. The number of aliphatic imine (C=N–C) groups is 1. The van der Waals surface area contributed by atoms with Crippen LogP contribution in [0.5, 0.6) is 0 Å². The second-order valence-corrected chi connectivity index (χ2v) is 10.7. The molecule has 1 N–H and O–H groups in total. The third-order valence-electron chi connectivity index (χ3n) is 5.66. The fourth-order valence-corrected chi connectivity index (χ4v) is 6.61. The molecule has 0 fully saturated rings. The molecule has 1 aromatic heterocycles. The molecule has 3 aromatic rings. The number of sulfonamides is 1. The molecule has 2 aromatic carbocycles. The molecular formula is C24H23F3N2O2S2. The quantitative estimate of drug-likeness (QED) is 0.393. The Kier molecular flexibility index (Phi) is 6.37. The van der Waals surface area contributed by atoms with E-state index in [1.807, 2.05) is 19.9 Å². The molecule has 0 aliphatic carbocycles. The monoisotopic (exact) mass is 492 g/mol. The lowest BCUT2D eigenvalue weighted by atomic mass is 9.99. The van der Waals surface area contributed by atoms with E-state index in [2.05, 4.69) is 9.71 Å². The Morgan fingerprint density at radius 3 is 2.58 bits per heavy atom. The molecule has 0 spiro atoms. The van der Waals surface area contributed by atoms with E-state index in [-0.39, 0.29) is 16.6 Å². The Hall–Kier alpha value is -2.65. The van der Waals surface area contributed by atoms with Gasteiger partial charge in [-0.2, -0.15) is 13.2 Å². The summed E-state index contributed by atoms with van der Waals surface area (Å²) in [7, 11) is -4.08. The topological polar surface area (TPSA) is 58.5 Å². The van der Waals surface area contributed by atoms with Gasteiger partial charge in [-0.25, -0.2) is 8.42 Å². The van der Waals surface area contributed by atoms with Crippen molar-refractivity contribution in [3.8, 4) is 0 Å². The number of alkyl halides is 3. The zero-order valence-corrected chi connectivity index (χ0v) is 19.7. The van der Waals surface area contributed by atoms with Gasteiger partial charge in [0.05, 0.1) is 17.3 Å². The van der Waals surface area contributed by atoms with Crippen molar-refractivity contribution in [3.63, 3.8) is 0 Å². The van der Waals surface area contributed by atoms with Crippen LogP contribution in [0.4, 0.5) is 18.9 Å². The average Bonchev–Trinajstić information content (AvgIpc) is 3.31. The first-order valence-electron chi connectivity index (χ1n) is 10.5. The third-order valence-corrected chi connectivity index (χ3v) is 8.18. The van der Waals surface area contributed by atoms with Crippen LogP contribution in [0.25, 0.3) is 10.1 Å². The normalized spacial score (nSPS) is 16.7. The van der Waals surface area contributed by atoms with Gasteiger partial charge in [0.1, 0.15) is 4.90 Å².